The van der Waals surface area contributed by atoms with Crippen LogP contribution >= 0.6 is 0 Å². The van der Waals surface area contributed by atoms with Crippen molar-refractivity contribution in [2.45, 2.75) is 26.7 Å². The minimum Gasteiger partial charge on any atom is -0.481 e. The Kier molecular flexibility index (Phi) is 4.44. The Morgan fingerprint density at radius 1 is 1.32 bits per heavy atom. The van der Waals surface area contributed by atoms with Crippen molar-refractivity contribution in [3.8, 4) is 0 Å². The summed E-state index contributed by atoms with van der Waals surface area (Å²) in [4.78, 5) is 35.7. The van der Waals surface area contributed by atoms with Gasteiger partial charge in [0.15, 0.2) is 0 Å². The molecule has 1 fully saturated rings. The first-order valence-electron chi connectivity index (χ1n) is 7.09. The standard InChI is InChI=1S/C15H18N2O5/c1-9-6-10(2)13(17(21)22)7-12(9)14(18)16-5-3-4-11(8-16)15(19)20/h6-7,11H,3-5,8H2,1-2H3,(H,19,20). The minimum atomic E-state index is -0.913. The average molecular weight is 306 g/mol. The normalized spacial score (nSPS) is 18.1. The van der Waals surface area contributed by atoms with Crippen molar-refractivity contribution in [3.63, 3.8) is 0 Å². The summed E-state index contributed by atoms with van der Waals surface area (Å²) in [5.74, 6) is -1.82. The molecule has 1 atom stereocenters. The molecule has 1 unspecified atom stereocenters. The molecule has 1 saturated heterocycles. The number of carboxylic acid groups (broad SMARTS) is 1. The molecule has 1 aromatic carbocycles. The number of hydrogen-bond donors (Lipinski definition) is 1. The lowest BCUT2D eigenvalue weighted by Gasteiger charge is -2.31. The summed E-state index contributed by atoms with van der Waals surface area (Å²) in [5, 5.41) is 20.1. The highest BCUT2D eigenvalue weighted by Crippen LogP contribution is 2.25. The molecule has 0 radical (unpaired) electrons. The first-order chi connectivity index (χ1) is 10.3. The highest BCUT2D eigenvalue weighted by Gasteiger charge is 2.30. The molecule has 1 aromatic rings. The summed E-state index contributed by atoms with van der Waals surface area (Å²) in [6, 6.07) is 2.90. The van der Waals surface area contributed by atoms with Crippen LogP contribution in [0.15, 0.2) is 12.1 Å². The minimum absolute atomic E-state index is 0.0965. The molecule has 22 heavy (non-hydrogen) atoms. The number of rotatable bonds is 3. The van der Waals surface area contributed by atoms with Crippen LogP contribution in [0.2, 0.25) is 0 Å². The summed E-state index contributed by atoms with van der Waals surface area (Å²) >= 11 is 0. The summed E-state index contributed by atoms with van der Waals surface area (Å²) in [6.45, 7) is 3.97. The van der Waals surface area contributed by atoms with Crippen molar-refractivity contribution in [1.82, 2.24) is 4.90 Å². The van der Waals surface area contributed by atoms with Gasteiger partial charge in [-0.25, -0.2) is 0 Å². The third-order valence-electron chi connectivity index (χ3n) is 4.03. The van der Waals surface area contributed by atoms with Crippen molar-refractivity contribution >= 4 is 17.6 Å². The van der Waals surface area contributed by atoms with Crippen molar-refractivity contribution in [2.75, 3.05) is 13.1 Å². The SMILES string of the molecule is Cc1cc(C)c([N+](=O)[O-])cc1C(=O)N1CCCC(C(=O)O)C1. The van der Waals surface area contributed by atoms with Crippen molar-refractivity contribution in [2.24, 2.45) is 5.92 Å². The lowest BCUT2D eigenvalue weighted by molar-refractivity contribution is -0.385. The molecule has 0 saturated carbocycles. The molecule has 7 nitrogen and oxygen atoms in total. The molecule has 1 aliphatic heterocycles. The second kappa shape index (κ2) is 6.13. The van der Waals surface area contributed by atoms with Crippen LogP contribution in [0.1, 0.15) is 34.3 Å². The van der Waals surface area contributed by atoms with Crippen LogP contribution in [0.3, 0.4) is 0 Å². The van der Waals surface area contributed by atoms with Gasteiger partial charge in [-0.2, -0.15) is 0 Å². The van der Waals surface area contributed by atoms with Gasteiger partial charge in [0.2, 0.25) is 0 Å². The van der Waals surface area contributed by atoms with Crippen LogP contribution in [0.4, 0.5) is 5.69 Å². The maximum absolute atomic E-state index is 12.6. The van der Waals surface area contributed by atoms with E-state index >= 15 is 0 Å². The number of piperidine rings is 1. The van der Waals surface area contributed by atoms with Crippen molar-refractivity contribution in [1.29, 1.82) is 0 Å². The average Bonchev–Trinajstić information content (AvgIpc) is 2.46. The van der Waals surface area contributed by atoms with Crippen LogP contribution < -0.4 is 0 Å². The lowest BCUT2D eigenvalue weighted by atomic mass is 9.96. The summed E-state index contributed by atoms with van der Waals surface area (Å²) in [5.41, 5.74) is 1.33. The topological polar surface area (TPSA) is 101 Å². The van der Waals surface area contributed by atoms with Crippen molar-refractivity contribution in [3.05, 3.63) is 38.9 Å². The molecule has 0 bridgehead atoms. The van der Waals surface area contributed by atoms with Gasteiger partial charge in [-0.05, 0) is 38.3 Å². The zero-order chi connectivity index (χ0) is 16.4. The molecule has 0 spiro atoms. The number of carbonyl (C=O) groups is 2. The van der Waals surface area contributed by atoms with Crippen molar-refractivity contribution < 1.29 is 19.6 Å². The monoisotopic (exact) mass is 306 g/mol. The van der Waals surface area contributed by atoms with Gasteiger partial charge < -0.3 is 10.0 Å². The number of aliphatic carboxylic acids is 1. The van der Waals surface area contributed by atoms with Gasteiger partial charge >= 0.3 is 5.97 Å². The number of nitrogens with zero attached hydrogens (tertiary/aromatic N) is 2. The van der Waals surface area contributed by atoms with E-state index < -0.39 is 16.8 Å². The number of carbonyl (C=O) groups excluding carboxylic acids is 1. The van der Waals surface area contributed by atoms with Gasteiger partial charge in [-0.1, -0.05) is 0 Å². The zero-order valence-corrected chi connectivity index (χ0v) is 12.5. The quantitative estimate of drug-likeness (QED) is 0.681. The Balaban J connectivity index is 2.31. The Hall–Kier alpha value is -2.44. The van der Waals surface area contributed by atoms with E-state index in [-0.39, 0.29) is 23.7 Å². The number of nitro benzene ring substituents is 1. The van der Waals surface area contributed by atoms with Crippen LogP contribution in [0.25, 0.3) is 0 Å². The van der Waals surface area contributed by atoms with E-state index in [1.807, 2.05) is 0 Å². The van der Waals surface area contributed by atoms with Crippen LogP contribution in [0.5, 0.6) is 0 Å². The van der Waals surface area contributed by atoms with E-state index in [2.05, 4.69) is 0 Å². The number of benzene rings is 1. The Morgan fingerprint density at radius 3 is 2.59 bits per heavy atom. The Labute approximate surface area is 127 Å². The molecule has 1 amide bonds. The predicted octanol–water partition coefficient (Wildman–Crippen LogP) is 2.15. The first-order valence-corrected chi connectivity index (χ1v) is 7.09. The molecule has 1 aliphatic rings. The second-order valence-corrected chi connectivity index (χ2v) is 5.64. The second-order valence-electron chi connectivity index (χ2n) is 5.64. The number of likely N-dealkylation sites (tertiary alicyclic amines) is 1. The highest BCUT2D eigenvalue weighted by molar-refractivity contribution is 5.96. The predicted molar refractivity (Wildman–Crippen MR) is 78.8 cm³/mol. The van der Waals surface area contributed by atoms with Gasteiger partial charge in [0.1, 0.15) is 0 Å². The number of hydrogen-bond acceptors (Lipinski definition) is 4. The van der Waals surface area contributed by atoms with Crippen LogP contribution in [-0.4, -0.2) is 39.9 Å². The van der Waals surface area contributed by atoms with Gasteiger partial charge in [-0.15, -0.1) is 0 Å². The van der Waals surface area contributed by atoms with E-state index in [9.17, 15) is 19.7 Å². The van der Waals surface area contributed by atoms with E-state index in [1.165, 1.54) is 11.0 Å². The first kappa shape index (κ1) is 15.9. The van der Waals surface area contributed by atoms with Gasteiger partial charge in [0.25, 0.3) is 11.6 Å². The third kappa shape index (κ3) is 3.08. The molecular weight excluding hydrogens is 288 g/mol. The van der Waals surface area contributed by atoms with E-state index in [1.54, 1.807) is 19.9 Å². The number of aryl methyl sites for hydroxylation is 2. The summed E-state index contributed by atoms with van der Waals surface area (Å²) in [7, 11) is 0. The molecule has 0 aromatic heterocycles. The number of carboxylic acids is 1. The third-order valence-corrected chi connectivity index (χ3v) is 4.03. The molecule has 2 rings (SSSR count). The Morgan fingerprint density at radius 2 is 2.00 bits per heavy atom. The fourth-order valence-electron chi connectivity index (χ4n) is 2.80. The maximum atomic E-state index is 12.6. The van der Waals surface area contributed by atoms with E-state index in [4.69, 9.17) is 5.11 Å². The maximum Gasteiger partial charge on any atom is 0.308 e. The van der Waals surface area contributed by atoms with E-state index in [0.717, 1.165) is 0 Å². The van der Waals surface area contributed by atoms with Crippen LogP contribution in [-0.2, 0) is 4.79 Å². The van der Waals surface area contributed by atoms with Gasteiger partial charge in [-0.3, -0.25) is 19.7 Å². The Bertz CT molecular complexity index is 641. The summed E-state index contributed by atoms with van der Waals surface area (Å²) < 4.78 is 0. The lowest BCUT2D eigenvalue weighted by Crippen LogP contribution is -2.42. The highest BCUT2D eigenvalue weighted by atomic mass is 16.6. The largest absolute Gasteiger partial charge is 0.481 e. The summed E-state index contributed by atoms with van der Waals surface area (Å²) in [6.07, 6.45) is 1.17. The van der Waals surface area contributed by atoms with Gasteiger partial charge in [0.05, 0.1) is 10.8 Å². The van der Waals surface area contributed by atoms with Crippen LogP contribution in [0, 0.1) is 29.9 Å². The fourth-order valence-corrected chi connectivity index (χ4v) is 2.80. The molecular formula is C15H18N2O5. The number of amides is 1. The fraction of sp³-hybridized carbons (Fsp3) is 0.467. The molecule has 1 N–H and O–H groups in total. The smallest absolute Gasteiger partial charge is 0.308 e. The number of nitro groups is 1. The molecule has 7 heteroatoms. The zero-order valence-electron chi connectivity index (χ0n) is 12.5. The molecule has 118 valence electrons. The van der Waals surface area contributed by atoms with E-state index in [0.29, 0.717) is 30.5 Å². The van der Waals surface area contributed by atoms with Gasteiger partial charge in [0, 0.05) is 30.3 Å². The molecule has 0 aliphatic carbocycles. The molecule has 1 heterocycles.